The molecule has 1 aromatic carbocycles. The second-order valence-electron chi connectivity index (χ2n) is 5.09. The number of piperidine rings is 1. The molecule has 1 aliphatic rings. The van der Waals surface area contributed by atoms with Crippen LogP contribution in [-0.4, -0.2) is 32.4 Å². The van der Waals surface area contributed by atoms with Crippen molar-refractivity contribution in [2.45, 2.75) is 32.2 Å². The molecule has 0 radical (unpaired) electrons. The van der Waals surface area contributed by atoms with E-state index in [2.05, 4.69) is 0 Å². The third-order valence-electron chi connectivity index (χ3n) is 3.72. The first kappa shape index (κ1) is 14.8. The maximum Gasteiger partial charge on any atom is 0.304 e. The van der Waals surface area contributed by atoms with Gasteiger partial charge in [0.05, 0.1) is 17.3 Å². The molecule has 1 fully saturated rings. The molecule has 1 atom stereocenters. The highest BCUT2D eigenvalue weighted by Gasteiger charge is 2.32. The number of hydrogen-bond acceptors (Lipinski definition) is 3. The Balaban J connectivity index is 2.30. The molecule has 6 heteroatoms. The highest BCUT2D eigenvalue weighted by atomic mass is 32.2. The number of nitriles is 1. The fraction of sp³-hybridized carbons (Fsp3) is 0.500. The summed E-state index contributed by atoms with van der Waals surface area (Å²) in [6.07, 6.45) is 2.86. The standard InChI is InChI=1S/C14H19N3O2S/c1-12-6-3-4-9-17(12)20(18,19)16(2)14-8-5-7-13(10-14)11-15/h5,7-8,10,12H,3-4,6,9H2,1-2H3. The Morgan fingerprint density at radius 1 is 1.40 bits per heavy atom. The molecule has 0 aromatic heterocycles. The molecule has 108 valence electrons. The molecule has 20 heavy (non-hydrogen) atoms. The van der Waals surface area contributed by atoms with Crippen molar-refractivity contribution in [3.63, 3.8) is 0 Å². The number of benzene rings is 1. The molecule has 0 N–H and O–H groups in total. The zero-order chi connectivity index (χ0) is 14.8. The van der Waals surface area contributed by atoms with E-state index in [9.17, 15) is 8.42 Å². The van der Waals surface area contributed by atoms with Gasteiger partial charge < -0.3 is 0 Å². The van der Waals surface area contributed by atoms with Gasteiger partial charge in [-0.25, -0.2) is 0 Å². The Bertz CT molecular complexity index is 622. The van der Waals surface area contributed by atoms with Crippen molar-refractivity contribution >= 4 is 15.9 Å². The predicted molar refractivity (Wildman–Crippen MR) is 78.5 cm³/mol. The molecule has 1 saturated heterocycles. The molecule has 1 heterocycles. The maximum absolute atomic E-state index is 12.7. The zero-order valence-electron chi connectivity index (χ0n) is 11.8. The number of anilines is 1. The molecule has 0 saturated carbocycles. The van der Waals surface area contributed by atoms with Crippen LogP contribution in [0.1, 0.15) is 31.7 Å². The smallest absolute Gasteiger partial charge is 0.261 e. The summed E-state index contributed by atoms with van der Waals surface area (Å²) in [6, 6.07) is 8.70. The van der Waals surface area contributed by atoms with Crippen molar-refractivity contribution < 1.29 is 8.42 Å². The van der Waals surface area contributed by atoms with Crippen LogP contribution in [0.25, 0.3) is 0 Å². The van der Waals surface area contributed by atoms with Crippen LogP contribution in [0.3, 0.4) is 0 Å². The van der Waals surface area contributed by atoms with Crippen molar-refractivity contribution in [2.24, 2.45) is 0 Å². The van der Waals surface area contributed by atoms with Gasteiger partial charge in [0.15, 0.2) is 0 Å². The Kier molecular flexibility index (Phi) is 4.31. The van der Waals surface area contributed by atoms with Gasteiger partial charge >= 0.3 is 10.2 Å². The van der Waals surface area contributed by atoms with Crippen LogP contribution in [-0.2, 0) is 10.2 Å². The molecular weight excluding hydrogens is 274 g/mol. The van der Waals surface area contributed by atoms with E-state index in [0.29, 0.717) is 17.8 Å². The summed E-state index contributed by atoms with van der Waals surface area (Å²) in [5, 5.41) is 8.91. The Labute approximate surface area is 120 Å². The Hall–Kier alpha value is -1.58. The highest BCUT2D eigenvalue weighted by molar-refractivity contribution is 7.90. The van der Waals surface area contributed by atoms with Gasteiger partial charge in [-0.3, -0.25) is 4.31 Å². The minimum absolute atomic E-state index is 0.0235. The van der Waals surface area contributed by atoms with Crippen molar-refractivity contribution in [1.82, 2.24) is 4.31 Å². The lowest BCUT2D eigenvalue weighted by Crippen LogP contribution is -2.48. The van der Waals surface area contributed by atoms with E-state index in [4.69, 9.17) is 5.26 Å². The van der Waals surface area contributed by atoms with Gasteiger partial charge in [-0.15, -0.1) is 0 Å². The molecule has 1 aromatic rings. The van der Waals surface area contributed by atoms with Crippen LogP contribution in [0.2, 0.25) is 0 Å². The fourth-order valence-corrected chi connectivity index (χ4v) is 4.09. The summed E-state index contributed by atoms with van der Waals surface area (Å²) in [7, 11) is -2.00. The molecule has 0 spiro atoms. The van der Waals surface area contributed by atoms with Crippen LogP contribution in [0, 0.1) is 11.3 Å². The summed E-state index contributed by atoms with van der Waals surface area (Å²) in [5.41, 5.74) is 0.970. The maximum atomic E-state index is 12.7. The van der Waals surface area contributed by atoms with Crippen molar-refractivity contribution in [3.05, 3.63) is 29.8 Å². The van der Waals surface area contributed by atoms with E-state index < -0.39 is 10.2 Å². The Morgan fingerprint density at radius 2 is 2.15 bits per heavy atom. The van der Waals surface area contributed by atoms with Gasteiger partial charge in [-0.05, 0) is 38.0 Å². The summed E-state index contributed by atoms with van der Waals surface area (Å²) in [4.78, 5) is 0. The number of hydrogen-bond donors (Lipinski definition) is 0. The van der Waals surface area contributed by atoms with E-state index in [1.165, 1.54) is 11.4 Å². The van der Waals surface area contributed by atoms with Crippen LogP contribution in [0.4, 0.5) is 5.69 Å². The lowest BCUT2D eigenvalue weighted by molar-refractivity contribution is 0.268. The average Bonchev–Trinajstić information content (AvgIpc) is 2.46. The predicted octanol–water partition coefficient (Wildman–Crippen LogP) is 2.11. The Morgan fingerprint density at radius 3 is 2.80 bits per heavy atom. The van der Waals surface area contributed by atoms with E-state index in [-0.39, 0.29) is 6.04 Å². The van der Waals surface area contributed by atoms with Crippen LogP contribution >= 0.6 is 0 Å². The van der Waals surface area contributed by atoms with E-state index in [1.54, 1.807) is 28.6 Å². The third-order valence-corrected chi connectivity index (χ3v) is 5.76. The highest BCUT2D eigenvalue weighted by Crippen LogP contribution is 2.25. The van der Waals surface area contributed by atoms with Crippen molar-refractivity contribution in [3.8, 4) is 6.07 Å². The topological polar surface area (TPSA) is 64.4 Å². The van der Waals surface area contributed by atoms with Crippen LogP contribution in [0.5, 0.6) is 0 Å². The molecule has 0 aliphatic carbocycles. The molecule has 0 amide bonds. The molecule has 1 unspecified atom stereocenters. The average molecular weight is 293 g/mol. The summed E-state index contributed by atoms with van der Waals surface area (Å²) in [5.74, 6) is 0. The van der Waals surface area contributed by atoms with Gasteiger partial charge in [0.1, 0.15) is 0 Å². The summed E-state index contributed by atoms with van der Waals surface area (Å²) >= 11 is 0. The lowest BCUT2D eigenvalue weighted by Gasteiger charge is -2.35. The second kappa shape index (κ2) is 5.81. The molecule has 0 bridgehead atoms. The molecule has 2 rings (SSSR count). The van der Waals surface area contributed by atoms with Crippen LogP contribution < -0.4 is 4.31 Å². The van der Waals surface area contributed by atoms with Gasteiger partial charge in [0.25, 0.3) is 0 Å². The van der Waals surface area contributed by atoms with E-state index in [0.717, 1.165) is 19.3 Å². The van der Waals surface area contributed by atoms with E-state index >= 15 is 0 Å². The summed E-state index contributed by atoms with van der Waals surface area (Å²) < 4.78 is 28.1. The summed E-state index contributed by atoms with van der Waals surface area (Å²) in [6.45, 7) is 2.50. The molecule has 5 nitrogen and oxygen atoms in total. The van der Waals surface area contributed by atoms with Gasteiger partial charge in [0, 0.05) is 19.6 Å². The fourth-order valence-electron chi connectivity index (χ4n) is 2.48. The quantitative estimate of drug-likeness (QED) is 0.857. The SMILES string of the molecule is CC1CCCCN1S(=O)(=O)N(C)c1cccc(C#N)c1. The monoisotopic (exact) mass is 293 g/mol. The first-order valence-corrected chi connectivity index (χ1v) is 8.12. The van der Waals surface area contributed by atoms with Gasteiger partial charge in [-0.2, -0.15) is 18.0 Å². The van der Waals surface area contributed by atoms with E-state index in [1.807, 2.05) is 13.0 Å². The number of rotatable bonds is 3. The van der Waals surface area contributed by atoms with Gasteiger partial charge in [0.2, 0.25) is 0 Å². The largest absolute Gasteiger partial charge is 0.304 e. The van der Waals surface area contributed by atoms with Gasteiger partial charge in [-0.1, -0.05) is 12.5 Å². The normalized spacial score (nSPS) is 20.4. The zero-order valence-corrected chi connectivity index (χ0v) is 12.6. The second-order valence-corrected chi connectivity index (χ2v) is 7.01. The van der Waals surface area contributed by atoms with Crippen molar-refractivity contribution in [1.29, 1.82) is 5.26 Å². The first-order valence-electron chi connectivity index (χ1n) is 6.72. The van der Waals surface area contributed by atoms with Crippen LogP contribution in [0.15, 0.2) is 24.3 Å². The molecular formula is C14H19N3O2S. The van der Waals surface area contributed by atoms with Crippen molar-refractivity contribution in [2.75, 3.05) is 17.9 Å². The minimum Gasteiger partial charge on any atom is -0.261 e. The lowest BCUT2D eigenvalue weighted by atomic mass is 10.1. The number of nitrogens with zero attached hydrogens (tertiary/aromatic N) is 3. The first-order chi connectivity index (χ1) is 9.46. The molecule has 1 aliphatic heterocycles. The third kappa shape index (κ3) is 2.79. The minimum atomic E-state index is -3.53.